The fourth-order valence-electron chi connectivity index (χ4n) is 1.69. The fourth-order valence-corrected chi connectivity index (χ4v) is 2.32. The molecule has 0 N–H and O–H groups in total. The second kappa shape index (κ2) is 7.15. The van der Waals surface area contributed by atoms with E-state index in [1.165, 1.54) is 0 Å². The van der Waals surface area contributed by atoms with Crippen LogP contribution in [0, 0.1) is 11.3 Å². The van der Waals surface area contributed by atoms with E-state index in [9.17, 15) is 4.79 Å². The Balaban J connectivity index is 2.99. The predicted octanol–water partition coefficient (Wildman–Crippen LogP) is 2.63. The zero-order chi connectivity index (χ0) is 14.4. The molecule has 0 saturated heterocycles. The molecule has 0 spiro atoms. The Kier molecular flexibility index (Phi) is 5.84. The molecule has 0 heterocycles. The maximum atomic E-state index is 11.9. The molecule has 19 heavy (non-hydrogen) atoms. The van der Waals surface area contributed by atoms with Gasteiger partial charge in [0.05, 0.1) is 23.9 Å². The molecule has 0 aliphatic carbocycles. The zero-order valence-electron chi connectivity index (χ0n) is 11.5. The maximum Gasteiger partial charge on any atom is 0.241 e. The summed E-state index contributed by atoms with van der Waals surface area (Å²) in [6.07, 6.45) is 0.952. The van der Waals surface area contributed by atoms with Crippen LogP contribution in [0.2, 0.25) is 0 Å². The highest BCUT2D eigenvalue weighted by Crippen LogP contribution is 2.27. The van der Waals surface area contributed by atoms with E-state index in [0.717, 1.165) is 23.1 Å². The van der Waals surface area contributed by atoms with Gasteiger partial charge in [-0.3, -0.25) is 4.79 Å². The van der Waals surface area contributed by atoms with Crippen molar-refractivity contribution >= 4 is 27.5 Å². The molecule has 0 aliphatic rings. The van der Waals surface area contributed by atoms with E-state index in [1.807, 2.05) is 11.0 Å². The average molecular weight is 324 g/mol. The van der Waals surface area contributed by atoms with Crippen molar-refractivity contribution in [3.63, 3.8) is 0 Å². The van der Waals surface area contributed by atoms with Crippen LogP contribution < -0.4 is 4.90 Å². The monoisotopic (exact) mass is 323 g/mol. The first-order chi connectivity index (χ1) is 8.99. The van der Waals surface area contributed by atoms with Crippen molar-refractivity contribution in [2.45, 2.75) is 13.3 Å². The van der Waals surface area contributed by atoms with E-state index in [2.05, 4.69) is 28.9 Å². The molecule has 0 aromatic heterocycles. The number of amides is 1. The summed E-state index contributed by atoms with van der Waals surface area (Å²) in [5.41, 5.74) is 1.54. The molecule has 0 saturated carbocycles. The molecule has 0 atom stereocenters. The maximum absolute atomic E-state index is 11.9. The van der Waals surface area contributed by atoms with E-state index in [-0.39, 0.29) is 5.91 Å². The lowest BCUT2D eigenvalue weighted by Crippen LogP contribution is -2.37. The SMILES string of the molecule is CCCN(CC(=O)N(C)C)c1ccc(C#N)cc1Br. The van der Waals surface area contributed by atoms with Gasteiger partial charge in [-0.25, -0.2) is 0 Å². The van der Waals surface area contributed by atoms with Gasteiger partial charge in [0.25, 0.3) is 0 Å². The second-order valence-corrected chi connectivity index (χ2v) is 5.34. The number of nitriles is 1. The number of nitrogens with zero attached hydrogens (tertiary/aromatic N) is 3. The number of likely N-dealkylation sites (N-methyl/N-ethyl adjacent to an activating group) is 1. The van der Waals surface area contributed by atoms with Gasteiger partial charge in [0.1, 0.15) is 0 Å². The molecule has 0 radical (unpaired) electrons. The Hall–Kier alpha value is -1.54. The Morgan fingerprint density at radius 3 is 2.58 bits per heavy atom. The second-order valence-electron chi connectivity index (χ2n) is 4.49. The normalized spacial score (nSPS) is 9.84. The first kappa shape index (κ1) is 15.5. The van der Waals surface area contributed by atoms with Gasteiger partial charge in [0.2, 0.25) is 5.91 Å². The van der Waals surface area contributed by atoms with Crippen LogP contribution in [0.15, 0.2) is 22.7 Å². The first-order valence-electron chi connectivity index (χ1n) is 6.14. The lowest BCUT2D eigenvalue weighted by Gasteiger charge is -2.26. The lowest BCUT2D eigenvalue weighted by molar-refractivity contribution is -0.127. The molecule has 0 unspecified atom stereocenters. The van der Waals surface area contributed by atoms with Gasteiger partial charge >= 0.3 is 0 Å². The van der Waals surface area contributed by atoms with Crippen LogP contribution in [-0.4, -0.2) is 38.0 Å². The summed E-state index contributed by atoms with van der Waals surface area (Å²) >= 11 is 3.47. The van der Waals surface area contributed by atoms with E-state index in [1.54, 1.807) is 31.1 Å². The standard InChI is InChI=1S/C14H18BrN3O/c1-4-7-18(10-14(19)17(2)3)13-6-5-11(9-16)8-12(13)15/h5-6,8H,4,7,10H2,1-3H3. The third-order valence-electron chi connectivity index (χ3n) is 2.74. The highest BCUT2D eigenvalue weighted by atomic mass is 79.9. The molecule has 0 aliphatic heterocycles. The molecular formula is C14H18BrN3O. The molecule has 1 rings (SSSR count). The van der Waals surface area contributed by atoms with Gasteiger partial charge in [-0.15, -0.1) is 0 Å². The number of hydrogen-bond donors (Lipinski definition) is 0. The molecule has 0 fully saturated rings. The largest absolute Gasteiger partial charge is 0.361 e. The van der Waals surface area contributed by atoms with E-state index < -0.39 is 0 Å². The number of carbonyl (C=O) groups is 1. The first-order valence-corrected chi connectivity index (χ1v) is 6.93. The number of halogens is 1. The van der Waals surface area contributed by atoms with Gasteiger partial charge in [-0.05, 0) is 40.5 Å². The number of hydrogen-bond acceptors (Lipinski definition) is 3. The van der Waals surface area contributed by atoms with Crippen LogP contribution in [0.5, 0.6) is 0 Å². The fraction of sp³-hybridized carbons (Fsp3) is 0.429. The van der Waals surface area contributed by atoms with Gasteiger partial charge in [-0.2, -0.15) is 5.26 Å². The molecule has 1 aromatic carbocycles. The third kappa shape index (κ3) is 4.25. The quantitative estimate of drug-likeness (QED) is 0.836. The average Bonchev–Trinajstić information content (AvgIpc) is 2.37. The van der Waals surface area contributed by atoms with Crippen LogP contribution in [-0.2, 0) is 4.79 Å². The Morgan fingerprint density at radius 1 is 1.42 bits per heavy atom. The van der Waals surface area contributed by atoms with Crippen molar-refractivity contribution in [3.8, 4) is 6.07 Å². The zero-order valence-corrected chi connectivity index (χ0v) is 13.1. The highest BCUT2D eigenvalue weighted by Gasteiger charge is 2.15. The predicted molar refractivity (Wildman–Crippen MR) is 80.1 cm³/mol. The molecule has 4 nitrogen and oxygen atoms in total. The van der Waals surface area contributed by atoms with E-state index in [0.29, 0.717) is 12.1 Å². The van der Waals surface area contributed by atoms with E-state index in [4.69, 9.17) is 5.26 Å². The van der Waals surface area contributed by atoms with Crippen LogP contribution in [0.25, 0.3) is 0 Å². The van der Waals surface area contributed by atoms with Gasteiger partial charge in [0, 0.05) is 25.1 Å². The minimum atomic E-state index is 0.0599. The van der Waals surface area contributed by atoms with Crippen molar-refractivity contribution in [2.75, 3.05) is 32.1 Å². The van der Waals surface area contributed by atoms with Crippen molar-refractivity contribution in [2.24, 2.45) is 0 Å². The number of benzene rings is 1. The highest BCUT2D eigenvalue weighted by molar-refractivity contribution is 9.10. The summed E-state index contributed by atoms with van der Waals surface area (Å²) < 4.78 is 0.839. The molecule has 0 bridgehead atoms. The van der Waals surface area contributed by atoms with Crippen LogP contribution in [0.4, 0.5) is 5.69 Å². The van der Waals surface area contributed by atoms with Crippen LogP contribution in [0.1, 0.15) is 18.9 Å². The van der Waals surface area contributed by atoms with E-state index >= 15 is 0 Å². The summed E-state index contributed by atoms with van der Waals surface area (Å²) in [5.74, 6) is 0.0599. The van der Waals surface area contributed by atoms with Crippen molar-refractivity contribution in [1.82, 2.24) is 4.90 Å². The third-order valence-corrected chi connectivity index (χ3v) is 3.37. The molecule has 5 heteroatoms. The van der Waals surface area contributed by atoms with Gasteiger partial charge in [0.15, 0.2) is 0 Å². The molecule has 1 aromatic rings. The summed E-state index contributed by atoms with van der Waals surface area (Å²) in [6, 6.07) is 7.52. The smallest absolute Gasteiger partial charge is 0.241 e. The Bertz CT molecular complexity index is 494. The summed E-state index contributed by atoms with van der Waals surface area (Å²) in [6.45, 7) is 3.21. The number of carbonyl (C=O) groups excluding carboxylic acids is 1. The molecular weight excluding hydrogens is 306 g/mol. The minimum Gasteiger partial charge on any atom is -0.361 e. The number of rotatable bonds is 5. The van der Waals surface area contributed by atoms with Crippen LogP contribution >= 0.6 is 15.9 Å². The number of anilines is 1. The summed E-state index contributed by atoms with van der Waals surface area (Å²) in [7, 11) is 3.50. The van der Waals surface area contributed by atoms with Gasteiger partial charge < -0.3 is 9.80 Å². The summed E-state index contributed by atoms with van der Waals surface area (Å²) in [5, 5.41) is 8.87. The Labute approximate surface area is 122 Å². The molecule has 1 amide bonds. The van der Waals surface area contributed by atoms with Crippen molar-refractivity contribution < 1.29 is 4.79 Å². The lowest BCUT2D eigenvalue weighted by atomic mass is 10.2. The topological polar surface area (TPSA) is 47.3 Å². The van der Waals surface area contributed by atoms with Crippen molar-refractivity contribution in [1.29, 1.82) is 5.26 Å². The molecule has 102 valence electrons. The Morgan fingerprint density at radius 2 is 2.11 bits per heavy atom. The van der Waals surface area contributed by atoms with Crippen molar-refractivity contribution in [3.05, 3.63) is 28.2 Å². The van der Waals surface area contributed by atoms with Gasteiger partial charge in [-0.1, -0.05) is 6.92 Å². The van der Waals surface area contributed by atoms with Crippen LogP contribution in [0.3, 0.4) is 0 Å². The summed E-state index contributed by atoms with van der Waals surface area (Å²) in [4.78, 5) is 15.5. The minimum absolute atomic E-state index is 0.0599.